The van der Waals surface area contributed by atoms with Crippen LogP contribution in [0.2, 0.25) is 0 Å². The lowest BCUT2D eigenvalue weighted by molar-refractivity contribution is -0.128. The number of nitrogens with zero attached hydrogens (tertiary/aromatic N) is 2. The van der Waals surface area contributed by atoms with Crippen molar-refractivity contribution in [2.45, 2.75) is 11.3 Å². The number of halogens is 3. The highest BCUT2D eigenvalue weighted by molar-refractivity contribution is 8.00. The summed E-state index contributed by atoms with van der Waals surface area (Å²) >= 11 is 1.35. The van der Waals surface area contributed by atoms with E-state index in [0.29, 0.717) is 32.6 Å². The van der Waals surface area contributed by atoms with Gasteiger partial charge in [0.15, 0.2) is 0 Å². The molecule has 0 aliphatic carbocycles. The van der Waals surface area contributed by atoms with E-state index in [1.165, 1.54) is 30.0 Å². The molecule has 1 aliphatic rings. The number of hydrogen-bond acceptors (Lipinski definition) is 4. The summed E-state index contributed by atoms with van der Waals surface area (Å²) in [5.74, 6) is -1.99. The molecule has 0 radical (unpaired) electrons. The third kappa shape index (κ3) is 6.50. The van der Waals surface area contributed by atoms with Gasteiger partial charge in [-0.25, -0.2) is 13.2 Å². The van der Waals surface area contributed by atoms with E-state index in [4.69, 9.17) is 0 Å². The zero-order valence-corrected chi connectivity index (χ0v) is 17.1. The second-order valence-corrected chi connectivity index (χ2v) is 7.97. The van der Waals surface area contributed by atoms with Gasteiger partial charge in [0.1, 0.15) is 17.5 Å². The van der Waals surface area contributed by atoms with Gasteiger partial charge in [0.05, 0.1) is 18.0 Å². The molecule has 0 spiro atoms. The van der Waals surface area contributed by atoms with Crippen molar-refractivity contribution in [3.05, 3.63) is 59.9 Å². The molecule has 0 saturated carbocycles. The van der Waals surface area contributed by atoms with Crippen molar-refractivity contribution in [1.29, 1.82) is 0 Å². The topological polar surface area (TPSA) is 52.7 Å². The average molecular weight is 437 g/mol. The molecule has 5 nitrogen and oxygen atoms in total. The first kappa shape index (κ1) is 22.2. The predicted molar refractivity (Wildman–Crippen MR) is 110 cm³/mol. The van der Waals surface area contributed by atoms with Gasteiger partial charge < -0.3 is 10.2 Å². The third-order valence-corrected chi connectivity index (χ3v) is 5.69. The Morgan fingerprint density at radius 3 is 2.40 bits per heavy atom. The summed E-state index contributed by atoms with van der Waals surface area (Å²) in [4.78, 5) is 29.2. The Morgan fingerprint density at radius 2 is 1.67 bits per heavy atom. The Labute approximate surface area is 177 Å². The summed E-state index contributed by atoms with van der Waals surface area (Å²) in [7, 11) is 0. The number of hydrogen-bond donors (Lipinski definition) is 1. The normalized spacial score (nSPS) is 15.0. The van der Waals surface area contributed by atoms with Crippen LogP contribution in [0.3, 0.4) is 0 Å². The number of carbonyl (C=O) groups is 2. The first-order valence-corrected chi connectivity index (χ1v) is 10.5. The lowest BCUT2D eigenvalue weighted by atomic mass is 10.3. The fraction of sp³-hybridized carbons (Fsp3) is 0.333. The number of amides is 2. The molecular weight excluding hydrogens is 415 g/mol. The number of benzene rings is 2. The van der Waals surface area contributed by atoms with Crippen molar-refractivity contribution < 1.29 is 22.8 Å². The van der Waals surface area contributed by atoms with Crippen molar-refractivity contribution in [2.75, 3.05) is 43.8 Å². The quantitative estimate of drug-likeness (QED) is 0.705. The fourth-order valence-electron chi connectivity index (χ4n) is 3.13. The van der Waals surface area contributed by atoms with E-state index in [0.717, 1.165) is 17.0 Å². The predicted octanol–water partition coefficient (Wildman–Crippen LogP) is 3.37. The van der Waals surface area contributed by atoms with Gasteiger partial charge in [0.25, 0.3) is 0 Å². The SMILES string of the molecule is O=C(CN1CCCN(C(=O)CSc2ccc(F)cc2)CC1)Nc1ccc(F)cc1F. The molecule has 0 bridgehead atoms. The molecule has 30 heavy (non-hydrogen) atoms. The van der Waals surface area contributed by atoms with Gasteiger partial charge >= 0.3 is 0 Å². The van der Waals surface area contributed by atoms with Crippen molar-refractivity contribution in [3.63, 3.8) is 0 Å². The van der Waals surface area contributed by atoms with Gasteiger partial charge in [-0.1, -0.05) is 0 Å². The van der Waals surface area contributed by atoms with E-state index in [2.05, 4.69) is 5.32 Å². The Morgan fingerprint density at radius 1 is 0.933 bits per heavy atom. The Hall–Kier alpha value is -2.52. The van der Waals surface area contributed by atoms with E-state index in [-0.39, 0.29) is 29.7 Å². The molecule has 0 aromatic heterocycles. The van der Waals surface area contributed by atoms with Gasteiger partial charge in [-0.15, -0.1) is 11.8 Å². The zero-order valence-electron chi connectivity index (χ0n) is 16.2. The van der Waals surface area contributed by atoms with Crippen LogP contribution in [0.5, 0.6) is 0 Å². The highest BCUT2D eigenvalue weighted by atomic mass is 32.2. The van der Waals surface area contributed by atoms with E-state index >= 15 is 0 Å². The largest absolute Gasteiger partial charge is 0.341 e. The van der Waals surface area contributed by atoms with E-state index in [1.54, 1.807) is 17.0 Å². The van der Waals surface area contributed by atoms with E-state index < -0.39 is 17.5 Å². The summed E-state index contributed by atoms with van der Waals surface area (Å²) in [6.45, 7) is 2.29. The maximum Gasteiger partial charge on any atom is 0.238 e. The maximum absolute atomic E-state index is 13.7. The van der Waals surface area contributed by atoms with Gasteiger partial charge in [0.2, 0.25) is 11.8 Å². The molecule has 2 aromatic rings. The molecule has 1 heterocycles. The Bertz CT molecular complexity index is 896. The zero-order chi connectivity index (χ0) is 21.5. The van der Waals surface area contributed by atoms with Gasteiger partial charge in [0, 0.05) is 37.1 Å². The standard InChI is InChI=1S/C21H22F3N3O2S/c22-15-2-5-17(6-3-15)30-14-21(29)27-9-1-8-26(10-11-27)13-20(28)25-19-7-4-16(23)12-18(19)24/h2-7,12H,1,8-11,13-14H2,(H,25,28). The fourth-order valence-corrected chi connectivity index (χ4v) is 3.93. The van der Waals surface area contributed by atoms with Crippen molar-refractivity contribution >= 4 is 29.3 Å². The first-order valence-electron chi connectivity index (χ1n) is 9.54. The minimum absolute atomic E-state index is 0.0102. The second-order valence-electron chi connectivity index (χ2n) is 6.93. The number of anilines is 1. The number of nitrogens with one attached hydrogen (secondary N) is 1. The summed E-state index contributed by atoms with van der Waals surface area (Å²) in [6, 6.07) is 8.98. The maximum atomic E-state index is 13.7. The van der Waals surface area contributed by atoms with Crippen LogP contribution >= 0.6 is 11.8 Å². The summed E-state index contributed by atoms with van der Waals surface area (Å²) in [6.07, 6.45) is 0.713. The molecule has 9 heteroatoms. The molecule has 1 saturated heterocycles. The number of carbonyl (C=O) groups excluding carboxylic acids is 2. The summed E-state index contributed by atoms with van der Waals surface area (Å²) < 4.78 is 39.6. The van der Waals surface area contributed by atoms with Crippen LogP contribution in [0.25, 0.3) is 0 Å². The average Bonchev–Trinajstić information content (AvgIpc) is 2.95. The van der Waals surface area contributed by atoms with Gasteiger partial charge in [-0.3, -0.25) is 14.5 Å². The van der Waals surface area contributed by atoms with E-state index in [9.17, 15) is 22.8 Å². The van der Waals surface area contributed by atoms with Crippen LogP contribution in [-0.4, -0.2) is 60.1 Å². The molecular formula is C21H22F3N3O2S. The molecule has 2 aromatic carbocycles. The lowest BCUT2D eigenvalue weighted by Crippen LogP contribution is -2.38. The number of thioether (sulfide) groups is 1. The smallest absolute Gasteiger partial charge is 0.238 e. The van der Waals surface area contributed by atoms with Crippen molar-refractivity contribution in [1.82, 2.24) is 9.80 Å². The van der Waals surface area contributed by atoms with Crippen LogP contribution in [-0.2, 0) is 9.59 Å². The minimum atomic E-state index is -0.824. The molecule has 160 valence electrons. The summed E-state index contributed by atoms with van der Waals surface area (Å²) in [5, 5.41) is 2.45. The lowest BCUT2D eigenvalue weighted by Gasteiger charge is -2.21. The van der Waals surface area contributed by atoms with Crippen LogP contribution in [0.15, 0.2) is 47.4 Å². The number of rotatable bonds is 6. The highest BCUT2D eigenvalue weighted by Gasteiger charge is 2.21. The van der Waals surface area contributed by atoms with Gasteiger partial charge in [-0.05, 0) is 42.8 Å². The highest BCUT2D eigenvalue weighted by Crippen LogP contribution is 2.19. The minimum Gasteiger partial charge on any atom is -0.341 e. The Kier molecular flexibility index (Phi) is 7.75. The molecule has 1 aliphatic heterocycles. The van der Waals surface area contributed by atoms with Crippen LogP contribution in [0.1, 0.15) is 6.42 Å². The molecule has 0 unspecified atom stereocenters. The van der Waals surface area contributed by atoms with Crippen molar-refractivity contribution in [3.8, 4) is 0 Å². The van der Waals surface area contributed by atoms with Crippen LogP contribution in [0, 0.1) is 17.5 Å². The first-order chi connectivity index (χ1) is 14.4. The Balaban J connectivity index is 1.45. The summed E-state index contributed by atoms with van der Waals surface area (Å²) in [5.41, 5.74) is -0.0640. The van der Waals surface area contributed by atoms with E-state index in [1.807, 2.05) is 4.90 Å². The molecule has 1 fully saturated rings. The molecule has 1 N–H and O–H groups in total. The van der Waals surface area contributed by atoms with Gasteiger partial charge in [-0.2, -0.15) is 0 Å². The van der Waals surface area contributed by atoms with Crippen LogP contribution < -0.4 is 5.32 Å². The molecule has 2 amide bonds. The van der Waals surface area contributed by atoms with Crippen molar-refractivity contribution in [2.24, 2.45) is 0 Å². The molecule has 3 rings (SSSR count). The van der Waals surface area contributed by atoms with Crippen LogP contribution in [0.4, 0.5) is 18.9 Å². The monoisotopic (exact) mass is 437 g/mol. The molecule has 0 atom stereocenters. The second kappa shape index (κ2) is 10.5. The third-order valence-electron chi connectivity index (χ3n) is 4.69.